The molecule has 7 heteroatoms. The summed E-state index contributed by atoms with van der Waals surface area (Å²) in [4.78, 5) is 12.6. The Morgan fingerprint density at radius 3 is 2.42 bits per heavy atom. The lowest BCUT2D eigenvalue weighted by Gasteiger charge is -2.11. The van der Waals surface area contributed by atoms with Crippen molar-refractivity contribution in [3.8, 4) is 11.5 Å². The maximum absolute atomic E-state index is 12.6. The van der Waals surface area contributed by atoms with E-state index in [9.17, 15) is 4.79 Å². The smallest absolute Gasteiger partial charge is 0.247 e. The summed E-state index contributed by atoms with van der Waals surface area (Å²) in [6.45, 7) is 1.88. The molecule has 1 heterocycles. The normalized spacial score (nSPS) is 12.0. The molecule has 0 saturated heterocycles. The number of hydrogen-bond acceptors (Lipinski definition) is 5. The van der Waals surface area contributed by atoms with Crippen molar-refractivity contribution in [2.24, 2.45) is 0 Å². The minimum atomic E-state index is -0.556. The molecule has 0 fully saturated rings. The van der Waals surface area contributed by atoms with E-state index in [0.29, 0.717) is 22.9 Å². The van der Waals surface area contributed by atoms with E-state index in [0.717, 1.165) is 10.0 Å². The van der Waals surface area contributed by atoms with Gasteiger partial charge in [-0.05, 0) is 55.0 Å². The summed E-state index contributed by atoms with van der Waals surface area (Å²) in [5, 5.41) is 17.0. The molecule has 0 saturated carbocycles. The van der Waals surface area contributed by atoms with Crippen molar-refractivity contribution >= 4 is 39.0 Å². The van der Waals surface area contributed by atoms with Crippen molar-refractivity contribution in [2.45, 2.75) is 19.3 Å². The van der Waals surface area contributed by atoms with E-state index >= 15 is 0 Å². The minimum Gasteiger partial charge on any atom is -0.420 e. The molecule has 5 nitrogen and oxygen atoms in total. The van der Waals surface area contributed by atoms with Gasteiger partial charge in [0.15, 0.2) is 0 Å². The fraction of sp³-hybridized carbons (Fsp3) is 0.158. The van der Waals surface area contributed by atoms with Gasteiger partial charge in [0.25, 0.3) is 0 Å². The minimum absolute atomic E-state index is 0.0684. The third-order valence-corrected chi connectivity index (χ3v) is 4.72. The highest BCUT2D eigenvalue weighted by Gasteiger charge is 2.27. The fourth-order valence-corrected chi connectivity index (χ4v) is 2.89. The number of benzene rings is 2. The van der Waals surface area contributed by atoms with Crippen molar-refractivity contribution < 1.29 is 9.21 Å². The number of Topliss-reactive ketones (excluding diaryl/α,β-unsaturated/α-hetero) is 1. The second-order valence-corrected chi connectivity index (χ2v) is 7.01. The van der Waals surface area contributed by atoms with Crippen molar-refractivity contribution in [1.29, 1.82) is 5.41 Å². The Morgan fingerprint density at radius 1 is 1.15 bits per heavy atom. The van der Waals surface area contributed by atoms with Gasteiger partial charge in [-0.15, -0.1) is 10.2 Å². The Morgan fingerprint density at radius 2 is 1.81 bits per heavy atom. The zero-order valence-corrected chi connectivity index (χ0v) is 16.2. The standard InChI is InChI=1S/C19H15BrClN3O2/c1-2-15(16(22)17(25)11-3-7-13(20)8-4-11)19-24-23-18(26-19)12-5-9-14(21)10-6-12/h3-10,15,22H,2H2,1H3. The number of aromatic nitrogens is 2. The summed E-state index contributed by atoms with van der Waals surface area (Å²) >= 11 is 9.22. The lowest BCUT2D eigenvalue weighted by atomic mass is 9.93. The zero-order valence-electron chi connectivity index (χ0n) is 13.9. The van der Waals surface area contributed by atoms with Gasteiger partial charge >= 0.3 is 0 Å². The molecule has 26 heavy (non-hydrogen) atoms. The van der Waals surface area contributed by atoms with E-state index in [1.54, 1.807) is 48.5 Å². The molecule has 0 radical (unpaired) electrons. The largest absolute Gasteiger partial charge is 0.420 e. The molecule has 0 spiro atoms. The average molecular weight is 433 g/mol. The Bertz CT molecular complexity index is 936. The summed E-state index contributed by atoms with van der Waals surface area (Å²) in [5.41, 5.74) is 1.11. The number of nitrogens with zero attached hydrogens (tertiary/aromatic N) is 2. The van der Waals surface area contributed by atoms with Crippen molar-refractivity contribution in [3.05, 3.63) is 69.5 Å². The molecule has 2 aromatic carbocycles. The van der Waals surface area contributed by atoms with Crippen LogP contribution in [0.4, 0.5) is 0 Å². The van der Waals surface area contributed by atoms with Crippen LogP contribution in [-0.2, 0) is 0 Å². The molecule has 0 aliphatic rings. The number of carbonyl (C=O) groups excluding carboxylic acids is 1. The monoisotopic (exact) mass is 431 g/mol. The molecule has 0 aliphatic carbocycles. The zero-order chi connectivity index (χ0) is 18.7. The number of carbonyl (C=O) groups is 1. The van der Waals surface area contributed by atoms with Gasteiger partial charge in [0, 0.05) is 20.6 Å². The summed E-state index contributed by atoms with van der Waals surface area (Å²) < 4.78 is 6.60. The van der Waals surface area contributed by atoms with E-state index in [4.69, 9.17) is 21.4 Å². The molecular formula is C19H15BrClN3O2. The van der Waals surface area contributed by atoms with Crippen LogP contribution in [0.15, 0.2) is 57.4 Å². The van der Waals surface area contributed by atoms with E-state index in [2.05, 4.69) is 26.1 Å². The molecular weight excluding hydrogens is 418 g/mol. The maximum atomic E-state index is 12.6. The van der Waals surface area contributed by atoms with Crippen LogP contribution in [0.1, 0.15) is 35.5 Å². The molecule has 1 aromatic heterocycles. The van der Waals surface area contributed by atoms with Gasteiger partial charge in [0.05, 0.1) is 11.6 Å². The van der Waals surface area contributed by atoms with Crippen LogP contribution in [0.5, 0.6) is 0 Å². The number of nitrogens with one attached hydrogen (secondary N) is 1. The summed E-state index contributed by atoms with van der Waals surface area (Å²) in [6, 6.07) is 13.9. The van der Waals surface area contributed by atoms with Gasteiger partial charge in [-0.25, -0.2) is 0 Å². The molecule has 1 unspecified atom stereocenters. The summed E-state index contributed by atoms with van der Waals surface area (Å²) in [6.07, 6.45) is 0.503. The highest BCUT2D eigenvalue weighted by atomic mass is 79.9. The molecule has 0 bridgehead atoms. The first-order chi connectivity index (χ1) is 12.5. The lowest BCUT2D eigenvalue weighted by molar-refractivity contribution is 0.106. The van der Waals surface area contributed by atoms with Crippen LogP contribution in [0, 0.1) is 5.41 Å². The molecule has 1 atom stereocenters. The first-order valence-electron chi connectivity index (χ1n) is 7.97. The quantitative estimate of drug-likeness (QED) is 0.409. The van der Waals surface area contributed by atoms with Crippen LogP contribution in [0.2, 0.25) is 5.02 Å². The Labute approximate surface area is 164 Å². The van der Waals surface area contributed by atoms with E-state index in [1.807, 2.05) is 6.92 Å². The van der Waals surface area contributed by atoms with Crippen molar-refractivity contribution in [1.82, 2.24) is 10.2 Å². The topological polar surface area (TPSA) is 79.8 Å². The van der Waals surface area contributed by atoms with Crippen LogP contribution < -0.4 is 0 Å². The van der Waals surface area contributed by atoms with E-state index < -0.39 is 5.92 Å². The molecule has 3 aromatic rings. The number of hydrogen-bond donors (Lipinski definition) is 1. The number of halogens is 2. The SMILES string of the molecule is CCC(C(=N)C(=O)c1ccc(Br)cc1)c1nnc(-c2ccc(Cl)cc2)o1. The third-order valence-electron chi connectivity index (χ3n) is 3.94. The van der Waals surface area contributed by atoms with Gasteiger partial charge in [-0.1, -0.05) is 34.5 Å². The lowest BCUT2D eigenvalue weighted by Crippen LogP contribution is -2.21. The van der Waals surface area contributed by atoms with E-state index in [-0.39, 0.29) is 17.4 Å². The van der Waals surface area contributed by atoms with E-state index in [1.165, 1.54) is 0 Å². The molecule has 132 valence electrons. The van der Waals surface area contributed by atoms with Gasteiger partial charge < -0.3 is 9.83 Å². The fourth-order valence-electron chi connectivity index (χ4n) is 2.50. The second kappa shape index (κ2) is 7.93. The third kappa shape index (κ3) is 3.92. The summed E-state index contributed by atoms with van der Waals surface area (Å²) in [5.74, 6) is -0.317. The Kier molecular flexibility index (Phi) is 5.64. The molecule has 1 N–H and O–H groups in total. The Balaban J connectivity index is 1.84. The van der Waals surface area contributed by atoms with Crippen molar-refractivity contribution in [2.75, 3.05) is 0 Å². The number of rotatable bonds is 6. The van der Waals surface area contributed by atoms with Gasteiger partial charge in [0.2, 0.25) is 17.6 Å². The highest BCUT2D eigenvalue weighted by Crippen LogP contribution is 2.26. The summed E-state index contributed by atoms with van der Waals surface area (Å²) in [7, 11) is 0. The maximum Gasteiger partial charge on any atom is 0.247 e. The predicted octanol–water partition coefficient (Wildman–Crippen LogP) is 5.55. The van der Waals surface area contributed by atoms with Crippen molar-refractivity contribution in [3.63, 3.8) is 0 Å². The first-order valence-corrected chi connectivity index (χ1v) is 9.14. The predicted molar refractivity (Wildman–Crippen MR) is 104 cm³/mol. The number of ketones is 1. The molecule has 0 aliphatic heterocycles. The molecule has 3 rings (SSSR count). The van der Waals surface area contributed by atoms with Gasteiger partial charge in [-0.2, -0.15) is 0 Å². The second-order valence-electron chi connectivity index (χ2n) is 5.66. The van der Waals surface area contributed by atoms with Gasteiger partial charge in [-0.3, -0.25) is 4.79 Å². The first kappa shape index (κ1) is 18.5. The van der Waals surface area contributed by atoms with Crippen LogP contribution in [0.3, 0.4) is 0 Å². The molecule has 0 amide bonds. The Hall–Kier alpha value is -2.31. The van der Waals surface area contributed by atoms with Crippen LogP contribution in [-0.4, -0.2) is 21.7 Å². The van der Waals surface area contributed by atoms with Crippen LogP contribution in [0.25, 0.3) is 11.5 Å². The highest BCUT2D eigenvalue weighted by molar-refractivity contribution is 9.10. The van der Waals surface area contributed by atoms with Gasteiger partial charge in [0.1, 0.15) is 0 Å². The average Bonchev–Trinajstić information content (AvgIpc) is 3.12. The van der Waals surface area contributed by atoms with Crippen LogP contribution >= 0.6 is 27.5 Å².